The van der Waals surface area contributed by atoms with Gasteiger partial charge in [-0.3, -0.25) is 0 Å². The van der Waals surface area contributed by atoms with E-state index in [0.29, 0.717) is 6.04 Å². The Morgan fingerprint density at radius 2 is 2.06 bits per heavy atom. The van der Waals surface area contributed by atoms with E-state index in [2.05, 4.69) is 49.8 Å². The third kappa shape index (κ3) is 4.94. The molecule has 1 rings (SSSR count). The van der Waals surface area contributed by atoms with Crippen LogP contribution in [-0.4, -0.2) is 24.1 Å². The van der Waals surface area contributed by atoms with Crippen LogP contribution in [0.3, 0.4) is 0 Å². The van der Waals surface area contributed by atoms with Crippen molar-refractivity contribution in [3.8, 4) is 0 Å². The van der Waals surface area contributed by atoms with Crippen LogP contribution in [0.4, 0.5) is 5.13 Å². The van der Waals surface area contributed by atoms with Gasteiger partial charge in [-0.2, -0.15) is 0 Å². The van der Waals surface area contributed by atoms with Gasteiger partial charge in [0, 0.05) is 36.8 Å². The highest BCUT2D eigenvalue weighted by Crippen LogP contribution is 2.23. The molecule has 104 valence electrons. The maximum absolute atomic E-state index is 4.56. The molecule has 0 saturated carbocycles. The van der Waals surface area contributed by atoms with Crippen LogP contribution in [0.5, 0.6) is 0 Å². The summed E-state index contributed by atoms with van der Waals surface area (Å²) in [6.07, 6.45) is 3.23. The lowest BCUT2D eigenvalue weighted by molar-refractivity contribution is 0.547. The van der Waals surface area contributed by atoms with Gasteiger partial charge in [0.25, 0.3) is 0 Å². The average molecular weight is 269 g/mol. The summed E-state index contributed by atoms with van der Waals surface area (Å²) in [5.74, 6) is 0.728. The van der Waals surface area contributed by atoms with Gasteiger partial charge in [-0.25, -0.2) is 4.98 Å². The molecule has 0 spiro atoms. The molecule has 1 N–H and O–H groups in total. The van der Waals surface area contributed by atoms with Crippen molar-refractivity contribution in [2.45, 2.75) is 53.6 Å². The van der Waals surface area contributed by atoms with E-state index in [9.17, 15) is 0 Å². The predicted octanol–water partition coefficient (Wildman–Crippen LogP) is 3.51. The highest BCUT2D eigenvalue weighted by Gasteiger charge is 2.12. The minimum absolute atomic E-state index is 0.526. The van der Waals surface area contributed by atoms with E-state index in [1.807, 2.05) is 17.5 Å². The molecule has 0 aromatic carbocycles. The second-order valence-corrected chi connectivity index (χ2v) is 6.29. The molecule has 1 aromatic rings. The van der Waals surface area contributed by atoms with Crippen LogP contribution in [-0.2, 0) is 6.54 Å². The van der Waals surface area contributed by atoms with Crippen LogP contribution in [0.15, 0.2) is 6.20 Å². The lowest BCUT2D eigenvalue weighted by Gasteiger charge is -2.23. The van der Waals surface area contributed by atoms with E-state index in [-0.39, 0.29) is 0 Å². The largest absolute Gasteiger partial charge is 0.348 e. The van der Waals surface area contributed by atoms with Crippen LogP contribution >= 0.6 is 11.3 Å². The molecule has 0 bridgehead atoms. The fraction of sp³-hybridized carbons (Fsp3) is 0.786. The fourth-order valence-electron chi connectivity index (χ4n) is 1.68. The Bertz CT molecular complexity index is 336. The van der Waals surface area contributed by atoms with Gasteiger partial charge in [-0.15, -0.1) is 11.3 Å². The highest BCUT2D eigenvalue weighted by atomic mass is 32.1. The zero-order valence-corrected chi connectivity index (χ0v) is 13.2. The van der Waals surface area contributed by atoms with Crippen LogP contribution in [0.25, 0.3) is 0 Å². The van der Waals surface area contributed by atoms with Crippen molar-refractivity contribution in [3.63, 3.8) is 0 Å². The summed E-state index contributed by atoms with van der Waals surface area (Å²) in [5.41, 5.74) is 0. The molecule has 0 amide bonds. The second-order valence-electron chi connectivity index (χ2n) is 5.20. The Morgan fingerprint density at radius 3 is 2.61 bits per heavy atom. The van der Waals surface area contributed by atoms with Crippen molar-refractivity contribution in [1.29, 1.82) is 0 Å². The van der Waals surface area contributed by atoms with Gasteiger partial charge < -0.3 is 10.2 Å². The predicted molar refractivity (Wildman–Crippen MR) is 81.4 cm³/mol. The number of aromatic nitrogens is 1. The van der Waals surface area contributed by atoms with E-state index in [1.165, 1.54) is 16.4 Å². The summed E-state index contributed by atoms with van der Waals surface area (Å²) < 4.78 is 0. The second kappa shape index (κ2) is 7.74. The lowest BCUT2D eigenvalue weighted by atomic mass is 10.1. The van der Waals surface area contributed by atoms with Gasteiger partial charge >= 0.3 is 0 Å². The van der Waals surface area contributed by atoms with Crippen LogP contribution in [0.1, 0.15) is 45.9 Å². The number of nitrogens with zero attached hydrogens (tertiary/aromatic N) is 2. The molecule has 1 unspecified atom stereocenters. The molecule has 0 saturated heterocycles. The maximum Gasteiger partial charge on any atom is 0.185 e. The molecule has 0 aliphatic heterocycles. The minimum Gasteiger partial charge on any atom is -0.348 e. The first-order valence-electron chi connectivity index (χ1n) is 6.99. The van der Waals surface area contributed by atoms with Crippen molar-refractivity contribution >= 4 is 16.5 Å². The molecule has 18 heavy (non-hydrogen) atoms. The fourth-order valence-corrected chi connectivity index (χ4v) is 2.61. The summed E-state index contributed by atoms with van der Waals surface area (Å²) in [6, 6.07) is 0.526. The summed E-state index contributed by atoms with van der Waals surface area (Å²) >= 11 is 1.81. The zero-order chi connectivity index (χ0) is 13.5. The van der Waals surface area contributed by atoms with Gasteiger partial charge in [0.15, 0.2) is 5.13 Å². The molecule has 0 aliphatic rings. The molecule has 1 atom stereocenters. The molecular weight excluding hydrogens is 242 g/mol. The van der Waals surface area contributed by atoms with Gasteiger partial charge in [0.05, 0.1) is 0 Å². The van der Waals surface area contributed by atoms with Gasteiger partial charge in [0.2, 0.25) is 0 Å². The Balaban J connectivity index is 2.58. The number of nitrogens with one attached hydrogen (secondary N) is 1. The van der Waals surface area contributed by atoms with Crippen LogP contribution < -0.4 is 10.2 Å². The first kappa shape index (κ1) is 15.4. The molecule has 0 fully saturated rings. The average Bonchev–Trinajstić information content (AvgIpc) is 2.81. The van der Waals surface area contributed by atoms with Gasteiger partial charge in [-0.1, -0.05) is 34.1 Å². The number of hydrogen-bond donors (Lipinski definition) is 1. The zero-order valence-electron chi connectivity index (χ0n) is 12.4. The monoisotopic (exact) mass is 269 g/mol. The number of hydrogen-bond acceptors (Lipinski definition) is 4. The SMILES string of the molecule is CCC(C)CN(CC)c1ncc(CNC(C)C)s1. The molecule has 4 heteroatoms. The smallest absolute Gasteiger partial charge is 0.185 e. The van der Waals surface area contributed by atoms with E-state index in [1.54, 1.807) is 0 Å². The molecule has 1 heterocycles. The summed E-state index contributed by atoms with van der Waals surface area (Å²) in [6.45, 7) is 14.2. The first-order chi connectivity index (χ1) is 8.56. The topological polar surface area (TPSA) is 28.2 Å². The van der Waals surface area contributed by atoms with E-state index in [0.717, 1.165) is 25.6 Å². The van der Waals surface area contributed by atoms with Crippen molar-refractivity contribution in [2.24, 2.45) is 5.92 Å². The Hall–Kier alpha value is -0.610. The molecule has 0 radical (unpaired) electrons. The lowest BCUT2D eigenvalue weighted by Crippen LogP contribution is -2.27. The quantitative estimate of drug-likeness (QED) is 0.783. The van der Waals surface area contributed by atoms with Crippen molar-refractivity contribution in [3.05, 3.63) is 11.1 Å². The maximum atomic E-state index is 4.56. The van der Waals surface area contributed by atoms with E-state index >= 15 is 0 Å². The Kier molecular flexibility index (Phi) is 6.65. The van der Waals surface area contributed by atoms with Crippen molar-refractivity contribution in [2.75, 3.05) is 18.0 Å². The summed E-state index contributed by atoms with van der Waals surface area (Å²) in [7, 11) is 0. The number of rotatable bonds is 8. The summed E-state index contributed by atoms with van der Waals surface area (Å²) in [4.78, 5) is 8.26. The minimum atomic E-state index is 0.526. The highest BCUT2D eigenvalue weighted by molar-refractivity contribution is 7.15. The normalized spacial score (nSPS) is 13.0. The van der Waals surface area contributed by atoms with Crippen molar-refractivity contribution < 1.29 is 0 Å². The van der Waals surface area contributed by atoms with Gasteiger partial charge in [0.1, 0.15) is 0 Å². The van der Waals surface area contributed by atoms with Crippen LogP contribution in [0.2, 0.25) is 0 Å². The van der Waals surface area contributed by atoms with Gasteiger partial charge in [-0.05, 0) is 12.8 Å². The third-order valence-corrected chi connectivity index (χ3v) is 4.17. The summed E-state index contributed by atoms with van der Waals surface area (Å²) in [5, 5.41) is 4.60. The number of anilines is 1. The van der Waals surface area contributed by atoms with E-state index in [4.69, 9.17) is 0 Å². The Morgan fingerprint density at radius 1 is 1.33 bits per heavy atom. The number of thiazole rings is 1. The van der Waals surface area contributed by atoms with E-state index < -0.39 is 0 Å². The Labute approximate surface area is 116 Å². The molecule has 3 nitrogen and oxygen atoms in total. The molecule has 0 aliphatic carbocycles. The third-order valence-electron chi connectivity index (χ3n) is 3.11. The first-order valence-corrected chi connectivity index (χ1v) is 7.81. The molecule has 1 aromatic heterocycles. The van der Waals surface area contributed by atoms with Crippen LogP contribution in [0, 0.1) is 5.92 Å². The standard InChI is InChI=1S/C14H27N3S/c1-6-12(5)10-17(7-2)14-16-9-13(18-14)8-15-11(3)4/h9,11-12,15H,6-8,10H2,1-5H3. The molecular formula is C14H27N3S. The van der Waals surface area contributed by atoms with Crippen molar-refractivity contribution in [1.82, 2.24) is 10.3 Å².